The molecule has 150 valence electrons. The van der Waals surface area contributed by atoms with Gasteiger partial charge in [0.1, 0.15) is 5.52 Å². The molecule has 3 aromatic rings. The van der Waals surface area contributed by atoms with Crippen molar-refractivity contribution >= 4 is 34.6 Å². The number of aromatic nitrogens is 2. The Hall–Kier alpha value is -3.69. The molecule has 1 saturated heterocycles. The zero-order valence-electron chi connectivity index (χ0n) is 16.0. The lowest BCUT2D eigenvalue weighted by molar-refractivity contribution is -0.384. The van der Waals surface area contributed by atoms with Gasteiger partial charge in [-0.3, -0.25) is 10.1 Å². The van der Waals surface area contributed by atoms with E-state index in [-0.39, 0.29) is 17.1 Å². The first-order chi connectivity index (χ1) is 14.0. The number of oxazole rings is 1. The number of ether oxygens (including phenoxy) is 1. The number of piperazine rings is 1. The third-order valence-electron chi connectivity index (χ3n) is 4.85. The van der Waals surface area contributed by atoms with Crippen LogP contribution in [0, 0.1) is 17.0 Å². The Kier molecular flexibility index (Phi) is 4.75. The van der Waals surface area contributed by atoms with Crippen LogP contribution in [-0.2, 0) is 4.74 Å². The monoisotopic (exact) mass is 397 g/mol. The number of hydrogen-bond donors (Lipinski definition) is 0. The Bertz CT molecular complexity index is 1090. The maximum absolute atomic E-state index is 11.6. The molecule has 0 saturated carbocycles. The average Bonchev–Trinajstić information content (AvgIpc) is 3.16. The summed E-state index contributed by atoms with van der Waals surface area (Å²) in [4.78, 5) is 35.1. The molecular formula is C19H19N5O5. The van der Waals surface area contributed by atoms with Crippen molar-refractivity contribution in [3.05, 3.63) is 51.7 Å². The smallest absolute Gasteiger partial charge is 0.339 e. The summed E-state index contributed by atoms with van der Waals surface area (Å²) < 4.78 is 10.5. The average molecular weight is 397 g/mol. The van der Waals surface area contributed by atoms with Gasteiger partial charge in [-0.25, -0.2) is 9.78 Å². The number of fused-ring (bicyclic) bond motifs is 1. The first kappa shape index (κ1) is 18.7. The number of aryl methyl sites for hydroxylation is 1. The minimum Gasteiger partial charge on any atom is -0.465 e. The zero-order chi connectivity index (χ0) is 20.5. The number of rotatable bonds is 4. The Morgan fingerprint density at radius 2 is 1.93 bits per heavy atom. The van der Waals surface area contributed by atoms with Gasteiger partial charge >= 0.3 is 11.7 Å². The van der Waals surface area contributed by atoms with Crippen LogP contribution >= 0.6 is 0 Å². The van der Waals surface area contributed by atoms with E-state index < -0.39 is 10.9 Å². The van der Waals surface area contributed by atoms with Gasteiger partial charge in [-0.05, 0) is 24.6 Å². The van der Waals surface area contributed by atoms with Crippen LogP contribution in [0.3, 0.4) is 0 Å². The third-order valence-corrected chi connectivity index (χ3v) is 4.85. The number of anilines is 2. The van der Waals surface area contributed by atoms with Crippen LogP contribution < -0.4 is 9.80 Å². The minimum atomic E-state index is -0.664. The van der Waals surface area contributed by atoms with Crippen LogP contribution in [0.25, 0.3) is 11.1 Å². The van der Waals surface area contributed by atoms with Crippen molar-refractivity contribution in [3.63, 3.8) is 0 Å². The van der Waals surface area contributed by atoms with Gasteiger partial charge in [0.25, 0.3) is 6.01 Å². The lowest BCUT2D eigenvalue weighted by Crippen LogP contribution is -2.47. The number of hydrogen-bond acceptors (Lipinski definition) is 9. The molecule has 0 unspecified atom stereocenters. The topological polar surface area (TPSA) is 115 Å². The largest absolute Gasteiger partial charge is 0.465 e. The van der Waals surface area contributed by atoms with Crippen molar-refractivity contribution in [2.75, 3.05) is 43.1 Å². The molecule has 0 atom stereocenters. The molecule has 0 bridgehead atoms. The summed E-state index contributed by atoms with van der Waals surface area (Å²) in [6.07, 6.45) is 1.30. The predicted octanol–water partition coefficient (Wildman–Crippen LogP) is 2.55. The fraction of sp³-hybridized carbons (Fsp3) is 0.316. The number of methoxy groups -OCH3 is 1. The van der Waals surface area contributed by atoms with E-state index in [0.29, 0.717) is 32.2 Å². The summed E-state index contributed by atoms with van der Waals surface area (Å²) >= 11 is 0. The molecule has 0 amide bonds. The predicted molar refractivity (Wildman–Crippen MR) is 105 cm³/mol. The Labute approximate surface area is 165 Å². The molecule has 0 radical (unpaired) electrons. The molecule has 0 aliphatic carbocycles. The molecule has 2 aromatic heterocycles. The second kappa shape index (κ2) is 7.38. The Balaban J connectivity index is 1.53. The zero-order valence-corrected chi connectivity index (χ0v) is 16.0. The van der Waals surface area contributed by atoms with E-state index in [1.54, 1.807) is 0 Å². The van der Waals surface area contributed by atoms with Crippen LogP contribution in [0.5, 0.6) is 0 Å². The van der Waals surface area contributed by atoms with Crippen molar-refractivity contribution in [1.82, 2.24) is 9.97 Å². The van der Waals surface area contributed by atoms with E-state index in [4.69, 9.17) is 4.42 Å². The quantitative estimate of drug-likeness (QED) is 0.372. The van der Waals surface area contributed by atoms with Crippen LogP contribution in [0.15, 0.2) is 34.9 Å². The van der Waals surface area contributed by atoms with Crippen LogP contribution in [-0.4, -0.2) is 54.1 Å². The normalized spacial score (nSPS) is 14.3. The molecule has 0 spiro atoms. The van der Waals surface area contributed by atoms with Crippen molar-refractivity contribution in [2.24, 2.45) is 0 Å². The number of pyridine rings is 1. The molecule has 1 aliphatic rings. The maximum atomic E-state index is 11.6. The molecular weight excluding hydrogens is 378 g/mol. The number of carbonyl (C=O) groups is 1. The lowest BCUT2D eigenvalue weighted by Gasteiger charge is -2.34. The van der Waals surface area contributed by atoms with Gasteiger partial charge in [0.15, 0.2) is 5.58 Å². The van der Waals surface area contributed by atoms with Crippen LogP contribution in [0.1, 0.15) is 15.9 Å². The highest BCUT2D eigenvalue weighted by atomic mass is 16.6. The SMILES string of the molecule is COC(=O)c1cnc(N2CCN(c3nc4cc(C)ccc4o3)CC2)c([N+](=O)[O-])c1. The minimum absolute atomic E-state index is 0.0448. The fourth-order valence-corrected chi connectivity index (χ4v) is 3.32. The van der Waals surface area contributed by atoms with Gasteiger partial charge in [0, 0.05) is 38.4 Å². The van der Waals surface area contributed by atoms with Gasteiger partial charge in [-0.1, -0.05) is 6.07 Å². The number of nitrogens with zero attached hydrogens (tertiary/aromatic N) is 5. The van der Waals surface area contributed by atoms with Crippen molar-refractivity contribution in [2.45, 2.75) is 6.92 Å². The van der Waals surface area contributed by atoms with Gasteiger partial charge in [0.2, 0.25) is 5.82 Å². The third kappa shape index (κ3) is 3.56. The number of esters is 1. The molecule has 4 rings (SSSR count). The molecule has 0 N–H and O–H groups in total. The standard InChI is InChI=1S/C19H19N5O5/c1-12-3-4-16-14(9-12)21-19(29-16)23-7-5-22(6-8-23)17-15(24(26)27)10-13(11-20-17)18(25)28-2/h3-4,9-11H,5-8H2,1-2H3. The summed E-state index contributed by atoms with van der Waals surface area (Å²) in [5, 5.41) is 11.5. The van der Waals surface area contributed by atoms with E-state index >= 15 is 0 Å². The number of carbonyl (C=O) groups excluding carboxylic acids is 1. The van der Waals surface area contributed by atoms with E-state index in [1.807, 2.05) is 34.9 Å². The number of nitro groups is 1. The fourth-order valence-electron chi connectivity index (χ4n) is 3.32. The molecule has 3 heterocycles. The van der Waals surface area contributed by atoms with E-state index in [2.05, 4.69) is 14.7 Å². The summed E-state index contributed by atoms with van der Waals surface area (Å²) in [7, 11) is 1.22. The lowest BCUT2D eigenvalue weighted by atomic mass is 10.2. The highest BCUT2D eigenvalue weighted by Gasteiger charge is 2.28. The van der Waals surface area contributed by atoms with Crippen LogP contribution in [0.4, 0.5) is 17.5 Å². The Morgan fingerprint density at radius 3 is 2.62 bits per heavy atom. The maximum Gasteiger partial charge on any atom is 0.339 e. The summed E-state index contributed by atoms with van der Waals surface area (Å²) in [5.41, 5.74) is 2.46. The van der Waals surface area contributed by atoms with Crippen molar-refractivity contribution in [3.8, 4) is 0 Å². The summed E-state index contributed by atoms with van der Waals surface area (Å²) in [6.45, 7) is 4.15. The van der Waals surface area contributed by atoms with E-state index in [9.17, 15) is 14.9 Å². The van der Waals surface area contributed by atoms with Crippen molar-refractivity contribution < 1.29 is 18.9 Å². The summed E-state index contributed by atoms with van der Waals surface area (Å²) in [6, 6.07) is 7.57. The van der Waals surface area contributed by atoms with Gasteiger partial charge < -0.3 is 19.0 Å². The van der Waals surface area contributed by atoms with Gasteiger partial charge in [-0.15, -0.1) is 0 Å². The van der Waals surface area contributed by atoms with E-state index in [0.717, 1.165) is 16.7 Å². The summed E-state index contributed by atoms with van der Waals surface area (Å²) in [5.74, 6) is -0.432. The molecule has 10 nitrogen and oxygen atoms in total. The van der Waals surface area contributed by atoms with Gasteiger partial charge in [0.05, 0.1) is 17.6 Å². The Morgan fingerprint density at radius 1 is 1.21 bits per heavy atom. The number of benzene rings is 1. The highest BCUT2D eigenvalue weighted by Crippen LogP contribution is 2.29. The van der Waals surface area contributed by atoms with E-state index in [1.165, 1.54) is 19.4 Å². The molecule has 29 heavy (non-hydrogen) atoms. The van der Waals surface area contributed by atoms with Crippen molar-refractivity contribution in [1.29, 1.82) is 0 Å². The molecule has 1 aliphatic heterocycles. The van der Waals surface area contributed by atoms with Gasteiger partial charge in [-0.2, -0.15) is 4.98 Å². The van der Waals surface area contributed by atoms with Crippen LogP contribution in [0.2, 0.25) is 0 Å². The second-order valence-electron chi connectivity index (χ2n) is 6.76. The second-order valence-corrected chi connectivity index (χ2v) is 6.76. The molecule has 10 heteroatoms. The first-order valence-corrected chi connectivity index (χ1v) is 9.06. The molecule has 1 aromatic carbocycles. The molecule has 1 fully saturated rings. The first-order valence-electron chi connectivity index (χ1n) is 9.06. The highest BCUT2D eigenvalue weighted by molar-refractivity contribution is 5.90.